The first-order valence-corrected chi connectivity index (χ1v) is 11.3. The maximum Gasteiger partial charge on any atom is 0.243 e. The van der Waals surface area contributed by atoms with Gasteiger partial charge in [0.1, 0.15) is 12.1 Å². The smallest absolute Gasteiger partial charge is 0.243 e. The third kappa shape index (κ3) is 5.81. The fraction of sp³-hybridized carbons (Fsp3) is 0.542. The van der Waals surface area contributed by atoms with E-state index in [1.807, 2.05) is 30.3 Å². The molecule has 1 heterocycles. The molecular formula is C24H32N4O4. The molecule has 2 aliphatic rings. The number of ketones is 1. The largest absolute Gasteiger partial charge is 0.350 e. The normalized spacial score (nSPS) is 23.0. The summed E-state index contributed by atoms with van der Waals surface area (Å²) in [6, 6.07) is 7.99. The molecule has 1 aliphatic heterocycles. The van der Waals surface area contributed by atoms with Crippen LogP contribution in [0.15, 0.2) is 30.3 Å². The number of carbonyl (C=O) groups is 4. The molecular weight excluding hydrogens is 408 g/mol. The van der Waals surface area contributed by atoms with E-state index in [4.69, 9.17) is 5.41 Å². The van der Waals surface area contributed by atoms with Crippen LogP contribution in [-0.2, 0) is 25.7 Å². The van der Waals surface area contributed by atoms with Crippen molar-refractivity contribution in [2.45, 2.75) is 76.5 Å². The molecule has 8 nitrogen and oxygen atoms in total. The first-order valence-electron chi connectivity index (χ1n) is 11.3. The lowest BCUT2D eigenvalue weighted by molar-refractivity contribution is -0.140. The fourth-order valence-electron chi connectivity index (χ4n) is 4.95. The number of rotatable bonds is 9. The SMILES string of the molecule is CC(=O)N1C2CCCCC2C[C@H]1C(=O)N[C@@H](CCC(=O)C=N)C(=O)NCc1ccccc1. The lowest BCUT2D eigenvalue weighted by atomic mass is 9.84. The summed E-state index contributed by atoms with van der Waals surface area (Å²) in [5, 5.41) is 12.7. The molecule has 3 amide bonds. The summed E-state index contributed by atoms with van der Waals surface area (Å²) in [6.07, 6.45) is 5.48. The molecule has 1 aliphatic carbocycles. The van der Waals surface area contributed by atoms with Crippen LogP contribution >= 0.6 is 0 Å². The van der Waals surface area contributed by atoms with Gasteiger partial charge in [-0.05, 0) is 37.2 Å². The van der Waals surface area contributed by atoms with Gasteiger partial charge in [-0.25, -0.2) is 0 Å². The van der Waals surface area contributed by atoms with E-state index < -0.39 is 17.9 Å². The standard InChI is InChI=1S/C24H32N4O4/c1-16(29)28-21-10-6-5-9-18(21)13-22(28)24(32)27-20(12-11-19(30)14-25)23(31)26-15-17-7-3-2-4-8-17/h2-4,7-8,14,18,20-22,25H,5-6,9-13,15H2,1H3,(H,26,31)(H,27,32)/t18?,20-,21?,22-/m0/s1. The molecule has 0 radical (unpaired) electrons. The van der Waals surface area contributed by atoms with Gasteiger partial charge in [-0.15, -0.1) is 0 Å². The number of benzene rings is 1. The zero-order valence-electron chi connectivity index (χ0n) is 18.5. The van der Waals surface area contributed by atoms with E-state index in [9.17, 15) is 19.2 Å². The van der Waals surface area contributed by atoms with Crippen molar-refractivity contribution in [2.75, 3.05) is 0 Å². The molecule has 0 bridgehead atoms. The van der Waals surface area contributed by atoms with Crippen molar-refractivity contribution in [3.8, 4) is 0 Å². The molecule has 3 N–H and O–H groups in total. The monoisotopic (exact) mass is 440 g/mol. The molecule has 1 saturated heterocycles. The molecule has 0 spiro atoms. The van der Waals surface area contributed by atoms with Gasteiger partial charge >= 0.3 is 0 Å². The van der Waals surface area contributed by atoms with E-state index in [2.05, 4.69) is 10.6 Å². The predicted molar refractivity (Wildman–Crippen MR) is 120 cm³/mol. The molecule has 1 aromatic rings. The molecule has 172 valence electrons. The number of likely N-dealkylation sites (tertiary alicyclic amines) is 1. The Morgan fingerprint density at radius 3 is 2.56 bits per heavy atom. The van der Waals surface area contributed by atoms with Crippen LogP contribution in [0, 0.1) is 11.3 Å². The molecule has 4 atom stereocenters. The molecule has 1 saturated carbocycles. The second-order valence-corrected chi connectivity index (χ2v) is 8.70. The summed E-state index contributed by atoms with van der Waals surface area (Å²) < 4.78 is 0. The van der Waals surface area contributed by atoms with Crippen LogP contribution in [0.3, 0.4) is 0 Å². The van der Waals surface area contributed by atoms with Gasteiger partial charge < -0.3 is 20.9 Å². The van der Waals surface area contributed by atoms with Gasteiger partial charge in [0.05, 0.1) is 6.21 Å². The predicted octanol–water partition coefficient (Wildman–Crippen LogP) is 1.97. The maximum absolute atomic E-state index is 13.2. The van der Waals surface area contributed by atoms with Gasteiger partial charge in [0, 0.05) is 25.9 Å². The van der Waals surface area contributed by atoms with Gasteiger partial charge in [0.2, 0.25) is 17.7 Å². The van der Waals surface area contributed by atoms with Crippen LogP contribution in [-0.4, -0.2) is 52.7 Å². The van der Waals surface area contributed by atoms with Crippen LogP contribution in [0.25, 0.3) is 0 Å². The Kier molecular flexibility index (Phi) is 8.14. The first-order chi connectivity index (χ1) is 15.4. The van der Waals surface area contributed by atoms with Gasteiger partial charge in [0.25, 0.3) is 0 Å². The topological polar surface area (TPSA) is 119 Å². The molecule has 32 heavy (non-hydrogen) atoms. The molecule has 2 unspecified atom stereocenters. The molecule has 8 heteroatoms. The summed E-state index contributed by atoms with van der Waals surface area (Å²) >= 11 is 0. The van der Waals surface area contributed by atoms with Crippen molar-refractivity contribution < 1.29 is 19.2 Å². The van der Waals surface area contributed by atoms with Gasteiger partial charge in [-0.3, -0.25) is 19.2 Å². The summed E-state index contributed by atoms with van der Waals surface area (Å²) in [5.74, 6) is -0.948. The summed E-state index contributed by atoms with van der Waals surface area (Å²) in [4.78, 5) is 51.7. The van der Waals surface area contributed by atoms with Gasteiger partial charge in [0.15, 0.2) is 5.78 Å². The van der Waals surface area contributed by atoms with Gasteiger partial charge in [-0.2, -0.15) is 0 Å². The lowest BCUT2D eigenvalue weighted by Gasteiger charge is -2.33. The highest BCUT2D eigenvalue weighted by Gasteiger charge is 2.46. The highest BCUT2D eigenvalue weighted by atomic mass is 16.2. The number of Topliss-reactive ketones (excluding diaryl/α,β-unsaturated/α-hetero) is 1. The van der Waals surface area contributed by atoms with E-state index in [0.717, 1.165) is 37.5 Å². The number of hydrogen-bond donors (Lipinski definition) is 3. The minimum atomic E-state index is -0.911. The minimum absolute atomic E-state index is 0.0143. The first kappa shape index (κ1) is 23.6. The van der Waals surface area contributed by atoms with Crippen molar-refractivity contribution in [1.29, 1.82) is 5.41 Å². The summed E-state index contributed by atoms with van der Waals surface area (Å²) in [5.41, 5.74) is 0.920. The van der Waals surface area contributed by atoms with Crippen molar-refractivity contribution in [3.05, 3.63) is 35.9 Å². The Bertz CT molecular complexity index is 857. The van der Waals surface area contributed by atoms with Crippen LogP contribution in [0.5, 0.6) is 0 Å². The number of carbonyl (C=O) groups excluding carboxylic acids is 4. The lowest BCUT2D eigenvalue weighted by Crippen LogP contribution is -2.54. The maximum atomic E-state index is 13.2. The average Bonchev–Trinajstić information content (AvgIpc) is 3.20. The van der Waals surface area contributed by atoms with E-state index in [-0.39, 0.29) is 36.6 Å². The van der Waals surface area contributed by atoms with Crippen molar-refractivity contribution >= 4 is 29.7 Å². The second kappa shape index (κ2) is 11.0. The Hall–Kier alpha value is -3.03. The summed E-state index contributed by atoms with van der Waals surface area (Å²) in [7, 11) is 0. The van der Waals surface area contributed by atoms with E-state index in [0.29, 0.717) is 18.9 Å². The number of nitrogens with one attached hydrogen (secondary N) is 3. The average molecular weight is 441 g/mol. The Labute approximate surface area is 188 Å². The molecule has 3 rings (SSSR count). The van der Waals surface area contributed by atoms with Crippen molar-refractivity contribution in [1.82, 2.24) is 15.5 Å². The zero-order valence-corrected chi connectivity index (χ0v) is 18.5. The zero-order chi connectivity index (χ0) is 23.1. The highest BCUT2D eigenvalue weighted by Crippen LogP contribution is 2.39. The Morgan fingerprint density at radius 2 is 1.88 bits per heavy atom. The molecule has 1 aromatic carbocycles. The molecule has 0 aromatic heterocycles. The van der Waals surface area contributed by atoms with Crippen LogP contribution in [0.2, 0.25) is 0 Å². The van der Waals surface area contributed by atoms with E-state index in [1.165, 1.54) is 6.92 Å². The van der Waals surface area contributed by atoms with E-state index >= 15 is 0 Å². The van der Waals surface area contributed by atoms with Crippen LogP contribution < -0.4 is 10.6 Å². The Morgan fingerprint density at radius 1 is 1.16 bits per heavy atom. The third-order valence-electron chi connectivity index (χ3n) is 6.54. The van der Waals surface area contributed by atoms with Gasteiger partial charge in [-0.1, -0.05) is 43.2 Å². The number of amides is 3. The Balaban J connectivity index is 1.68. The minimum Gasteiger partial charge on any atom is -0.350 e. The number of fused-ring (bicyclic) bond motifs is 1. The second-order valence-electron chi connectivity index (χ2n) is 8.70. The quantitative estimate of drug-likeness (QED) is 0.509. The van der Waals surface area contributed by atoms with Crippen LogP contribution in [0.1, 0.15) is 57.4 Å². The van der Waals surface area contributed by atoms with E-state index in [1.54, 1.807) is 4.90 Å². The van der Waals surface area contributed by atoms with Crippen molar-refractivity contribution in [3.63, 3.8) is 0 Å². The molecule has 2 fully saturated rings. The fourth-order valence-corrected chi connectivity index (χ4v) is 4.95. The third-order valence-corrected chi connectivity index (χ3v) is 6.54. The van der Waals surface area contributed by atoms with Crippen molar-refractivity contribution in [2.24, 2.45) is 5.92 Å². The highest BCUT2D eigenvalue weighted by molar-refractivity contribution is 6.26. The van der Waals surface area contributed by atoms with Crippen LogP contribution in [0.4, 0.5) is 0 Å². The number of nitrogens with zero attached hydrogens (tertiary/aromatic N) is 1. The summed E-state index contributed by atoms with van der Waals surface area (Å²) in [6.45, 7) is 1.79. The number of hydrogen-bond acceptors (Lipinski definition) is 5.